The smallest absolute Gasteiger partial charge is 0.319 e. The molecule has 0 radical (unpaired) electrons. The van der Waals surface area contributed by atoms with Gasteiger partial charge in [-0.3, -0.25) is 9.69 Å². The molecule has 1 aliphatic heterocycles. The SMILES string of the molecule is Cc1ccc(S(=O)(=O)N[C@@H](C)C(=O)N2CCN(CC(F)(F)C(F)F)CC2)cc1. The van der Waals surface area contributed by atoms with Crippen molar-refractivity contribution >= 4 is 15.9 Å². The third-order valence-electron chi connectivity index (χ3n) is 4.47. The zero-order valence-corrected chi connectivity index (χ0v) is 16.4. The van der Waals surface area contributed by atoms with Gasteiger partial charge in [0.25, 0.3) is 0 Å². The number of piperazine rings is 1. The molecule has 1 N–H and O–H groups in total. The highest BCUT2D eigenvalue weighted by molar-refractivity contribution is 7.89. The van der Waals surface area contributed by atoms with Crippen molar-refractivity contribution in [2.45, 2.75) is 37.1 Å². The van der Waals surface area contributed by atoms with E-state index < -0.39 is 40.9 Å². The molecule has 1 amide bonds. The average molecular weight is 425 g/mol. The minimum atomic E-state index is -4.11. The maximum absolute atomic E-state index is 13.1. The van der Waals surface area contributed by atoms with Crippen molar-refractivity contribution in [3.8, 4) is 0 Å². The van der Waals surface area contributed by atoms with Crippen LogP contribution < -0.4 is 4.72 Å². The fraction of sp³-hybridized carbons (Fsp3) is 0.588. The van der Waals surface area contributed by atoms with Crippen molar-refractivity contribution in [2.75, 3.05) is 32.7 Å². The number of sulfonamides is 1. The highest BCUT2D eigenvalue weighted by Crippen LogP contribution is 2.24. The van der Waals surface area contributed by atoms with Gasteiger partial charge in [0.05, 0.1) is 17.5 Å². The molecule has 1 saturated heterocycles. The number of rotatable bonds is 7. The maximum atomic E-state index is 13.1. The second-order valence-electron chi connectivity index (χ2n) is 6.82. The molecule has 0 spiro atoms. The molecule has 0 aliphatic carbocycles. The third kappa shape index (κ3) is 5.65. The molecule has 0 bridgehead atoms. The lowest BCUT2D eigenvalue weighted by Gasteiger charge is -2.37. The molecule has 28 heavy (non-hydrogen) atoms. The summed E-state index contributed by atoms with van der Waals surface area (Å²) in [5, 5.41) is 0. The monoisotopic (exact) mass is 425 g/mol. The van der Waals surface area contributed by atoms with Crippen molar-refractivity contribution in [2.24, 2.45) is 0 Å². The zero-order valence-electron chi connectivity index (χ0n) is 15.5. The molecule has 1 aromatic rings. The molecule has 0 aromatic heterocycles. The Balaban J connectivity index is 1.91. The van der Waals surface area contributed by atoms with Crippen LogP contribution in [0.5, 0.6) is 0 Å². The van der Waals surface area contributed by atoms with Gasteiger partial charge in [0.2, 0.25) is 15.9 Å². The Labute approximate surface area is 161 Å². The van der Waals surface area contributed by atoms with Gasteiger partial charge in [-0.15, -0.1) is 0 Å². The van der Waals surface area contributed by atoms with E-state index in [2.05, 4.69) is 4.72 Å². The lowest BCUT2D eigenvalue weighted by molar-refractivity contribution is -0.148. The van der Waals surface area contributed by atoms with E-state index in [4.69, 9.17) is 0 Å². The molecular weight excluding hydrogens is 402 g/mol. The molecule has 1 heterocycles. The van der Waals surface area contributed by atoms with Crippen LogP contribution in [-0.4, -0.2) is 75.2 Å². The van der Waals surface area contributed by atoms with Gasteiger partial charge in [0, 0.05) is 26.2 Å². The normalized spacial score (nSPS) is 17.8. The summed E-state index contributed by atoms with van der Waals surface area (Å²) in [6.07, 6.45) is -3.75. The van der Waals surface area contributed by atoms with E-state index in [1.165, 1.54) is 24.0 Å². The van der Waals surface area contributed by atoms with Gasteiger partial charge in [-0.25, -0.2) is 17.2 Å². The van der Waals surface area contributed by atoms with Gasteiger partial charge in [0.15, 0.2) is 0 Å². The number of nitrogens with one attached hydrogen (secondary N) is 1. The topological polar surface area (TPSA) is 69.7 Å². The van der Waals surface area contributed by atoms with Crippen LogP contribution in [0.15, 0.2) is 29.2 Å². The molecule has 2 rings (SSSR count). The molecule has 1 atom stereocenters. The van der Waals surface area contributed by atoms with E-state index in [1.807, 2.05) is 6.92 Å². The van der Waals surface area contributed by atoms with Crippen LogP contribution in [0.4, 0.5) is 17.6 Å². The number of aryl methyl sites for hydroxylation is 1. The van der Waals surface area contributed by atoms with Gasteiger partial charge in [-0.2, -0.15) is 13.5 Å². The summed E-state index contributed by atoms with van der Waals surface area (Å²) in [7, 11) is -3.89. The predicted octanol–water partition coefficient (Wildman–Crippen LogP) is 1.71. The minimum Gasteiger partial charge on any atom is -0.339 e. The lowest BCUT2D eigenvalue weighted by Crippen LogP contribution is -2.56. The number of halogens is 4. The Morgan fingerprint density at radius 2 is 1.68 bits per heavy atom. The molecular formula is C17H23F4N3O3S. The van der Waals surface area contributed by atoms with Crippen LogP contribution in [0.3, 0.4) is 0 Å². The van der Waals surface area contributed by atoms with Gasteiger partial charge >= 0.3 is 12.3 Å². The largest absolute Gasteiger partial charge is 0.339 e. The van der Waals surface area contributed by atoms with Crippen LogP contribution in [0, 0.1) is 6.92 Å². The summed E-state index contributed by atoms with van der Waals surface area (Å²) >= 11 is 0. The summed E-state index contributed by atoms with van der Waals surface area (Å²) in [5.41, 5.74) is 0.887. The predicted molar refractivity (Wildman–Crippen MR) is 94.9 cm³/mol. The first-order valence-electron chi connectivity index (χ1n) is 8.68. The van der Waals surface area contributed by atoms with Gasteiger partial charge in [-0.05, 0) is 26.0 Å². The Morgan fingerprint density at radius 3 is 2.18 bits per heavy atom. The Morgan fingerprint density at radius 1 is 1.14 bits per heavy atom. The first-order valence-corrected chi connectivity index (χ1v) is 10.2. The Bertz CT molecular complexity index is 779. The van der Waals surface area contributed by atoms with E-state index in [9.17, 15) is 30.8 Å². The van der Waals surface area contributed by atoms with Crippen molar-refractivity contribution in [1.29, 1.82) is 0 Å². The molecule has 1 aliphatic rings. The number of carbonyl (C=O) groups is 1. The number of amides is 1. The van der Waals surface area contributed by atoms with Crippen LogP contribution in [-0.2, 0) is 14.8 Å². The number of hydrogen-bond donors (Lipinski definition) is 1. The van der Waals surface area contributed by atoms with Crippen LogP contribution in [0.1, 0.15) is 12.5 Å². The Kier molecular flexibility index (Phi) is 7.05. The maximum Gasteiger partial charge on any atom is 0.319 e. The second kappa shape index (κ2) is 8.75. The quantitative estimate of drug-likeness (QED) is 0.676. The zero-order chi connectivity index (χ0) is 21.1. The van der Waals surface area contributed by atoms with Crippen molar-refractivity contribution in [3.63, 3.8) is 0 Å². The lowest BCUT2D eigenvalue weighted by atomic mass is 10.2. The van der Waals surface area contributed by atoms with Gasteiger partial charge in [-0.1, -0.05) is 17.7 Å². The number of nitrogens with zero attached hydrogens (tertiary/aromatic N) is 2. The van der Waals surface area contributed by atoms with E-state index in [1.54, 1.807) is 12.1 Å². The van der Waals surface area contributed by atoms with Gasteiger partial charge < -0.3 is 4.90 Å². The average Bonchev–Trinajstić information content (AvgIpc) is 2.61. The third-order valence-corrected chi connectivity index (χ3v) is 6.03. The molecule has 0 saturated carbocycles. The van der Waals surface area contributed by atoms with E-state index in [-0.39, 0.29) is 31.1 Å². The van der Waals surface area contributed by atoms with Crippen LogP contribution >= 0.6 is 0 Å². The van der Waals surface area contributed by atoms with Crippen molar-refractivity contribution < 1.29 is 30.8 Å². The van der Waals surface area contributed by atoms with Gasteiger partial charge in [0.1, 0.15) is 0 Å². The summed E-state index contributed by atoms with van der Waals surface area (Å²) in [6, 6.07) is 5.07. The van der Waals surface area contributed by atoms with Crippen LogP contribution in [0.2, 0.25) is 0 Å². The molecule has 0 unspecified atom stereocenters. The fourth-order valence-corrected chi connectivity index (χ4v) is 4.03. The first kappa shape index (κ1) is 22.6. The summed E-state index contributed by atoms with van der Waals surface area (Å²) in [4.78, 5) is 15.0. The highest BCUT2D eigenvalue weighted by Gasteiger charge is 2.43. The summed E-state index contributed by atoms with van der Waals surface area (Å²) in [5.74, 6) is -4.61. The fourth-order valence-electron chi connectivity index (χ4n) is 2.84. The standard InChI is InChI=1S/C17H23F4N3O3S/c1-12-3-5-14(6-4-12)28(26,27)22-13(2)15(25)24-9-7-23(8-10-24)11-17(20,21)16(18)19/h3-6,13,16,22H,7-11H2,1-2H3/t13-/m0/s1. The van der Waals surface area contributed by atoms with E-state index in [0.717, 1.165) is 10.5 Å². The number of benzene rings is 1. The highest BCUT2D eigenvalue weighted by atomic mass is 32.2. The molecule has 1 fully saturated rings. The molecule has 1 aromatic carbocycles. The Hall–Kier alpha value is -1.72. The van der Waals surface area contributed by atoms with Crippen LogP contribution in [0.25, 0.3) is 0 Å². The second-order valence-corrected chi connectivity index (χ2v) is 8.53. The number of hydrogen-bond acceptors (Lipinski definition) is 4. The number of alkyl halides is 4. The van der Waals surface area contributed by atoms with Crippen molar-refractivity contribution in [3.05, 3.63) is 29.8 Å². The summed E-state index contributed by atoms with van der Waals surface area (Å²) in [6.45, 7) is 2.24. The summed E-state index contributed by atoms with van der Waals surface area (Å²) < 4.78 is 77.9. The van der Waals surface area contributed by atoms with Crippen molar-refractivity contribution in [1.82, 2.24) is 14.5 Å². The number of carbonyl (C=O) groups excluding carboxylic acids is 1. The molecule has 6 nitrogen and oxygen atoms in total. The molecule has 158 valence electrons. The molecule has 11 heteroatoms. The van der Waals surface area contributed by atoms with E-state index >= 15 is 0 Å². The first-order chi connectivity index (χ1) is 12.9. The minimum absolute atomic E-state index is 0.00544. The van der Waals surface area contributed by atoms with E-state index in [0.29, 0.717) is 0 Å².